The molecule has 2 aromatic heterocycles. The van der Waals surface area contributed by atoms with Crippen molar-refractivity contribution in [2.75, 3.05) is 0 Å². The monoisotopic (exact) mass is 339 g/mol. The maximum Gasteiger partial charge on any atom is 0.231 e. The Balaban J connectivity index is 2.14. The first-order valence-corrected chi connectivity index (χ1v) is 7.45. The molecule has 0 aliphatic carbocycles. The van der Waals surface area contributed by atoms with E-state index in [1.54, 1.807) is 13.0 Å². The van der Waals surface area contributed by atoms with E-state index in [0.717, 1.165) is 0 Å². The Morgan fingerprint density at radius 3 is 2.80 bits per heavy atom. The Kier molecular flexibility index (Phi) is 4.17. The van der Waals surface area contributed by atoms with E-state index in [1.807, 2.05) is 6.07 Å². The van der Waals surface area contributed by atoms with Crippen molar-refractivity contribution in [2.24, 2.45) is 0 Å². The number of aliphatic hydroxyl groups excluding tert-OH is 1. The summed E-state index contributed by atoms with van der Waals surface area (Å²) in [5.74, 6) is -0.943. The van der Waals surface area contributed by atoms with Gasteiger partial charge in [-0.1, -0.05) is 0 Å². The van der Waals surface area contributed by atoms with Gasteiger partial charge in [-0.2, -0.15) is 15.5 Å². The molecule has 126 valence electrons. The van der Waals surface area contributed by atoms with Crippen molar-refractivity contribution in [1.82, 2.24) is 20.0 Å². The van der Waals surface area contributed by atoms with E-state index in [4.69, 9.17) is 5.26 Å². The minimum atomic E-state index is -0.950. The van der Waals surface area contributed by atoms with Crippen LogP contribution in [0.4, 0.5) is 4.39 Å². The molecule has 1 aromatic carbocycles. The highest BCUT2D eigenvalue weighted by Gasteiger charge is 2.22. The molecule has 2 heterocycles. The summed E-state index contributed by atoms with van der Waals surface area (Å²) in [6.07, 6.45) is -0.950. The zero-order chi connectivity index (χ0) is 18.1. The van der Waals surface area contributed by atoms with Gasteiger partial charge < -0.3 is 5.11 Å². The summed E-state index contributed by atoms with van der Waals surface area (Å²) in [6, 6.07) is 8.66. The Morgan fingerprint density at radius 1 is 1.40 bits per heavy atom. The topological polar surface area (TPSA) is 108 Å². The van der Waals surface area contributed by atoms with E-state index in [1.165, 1.54) is 35.9 Å². The predicted molar refractivity (Wildman–Crippen MR) is 85.6 cm³/mol. The average molecular weight is 339 g/mol. The van der Waals surface area contributed by atoms with Crippen LogP contribution < -0.4 is 0 Å². The molecule has 0 fully saturated rings. The molecule has 0 amide bonds. The third-order valence-corrected chi connectivity index (χ3v) is 3.66. The van der Waals surface area contributed by atoms with Crippen LogP contribution in [0, 0.1) is 24.1 Å². The van der Waals surface area contributed by atoms with Crippen molar-refractivity contribution in [3.8, 4) is 11.8 Å². The second-order valence-corrected chi connectivity index (χ2v) is 5.57. The second kappa shape index (κ2) is 6.30. The number of hydrogen-bond acceptors (Lipinski definition) is 5. The molecule has 3 rings (SSSR count). The molecular formula is C17H14FN5O2. The Labute approximate surface area is 142 Å². The number of aromatic nitrogens is 4. The zero-order valence-electron chi connectivity index (χ0n) is 13.5. The van der Waals surface area contributed by atoms with Crippen molar-refractivity contribution < 1.29 is 14.3 Å². The fraction of sp³-hybridized carbons (Fsp3) is 0.176. The minimum Gasteiger partial charge on any atom is -0.389 e. The van der Waals surface area contributed by atoms with Gasteiger partial charge >= 0.3 is 0 Å². The number of aryl methyl sites for hydroxylation is 1. The van der Waals surface area contributed by atoms with Gasteiger partial charge in [-0.15, -0.1) is 0 Å². The fourth-order valence-electron chi connectivity index (χ4n) is 2.52. The third kappa shape index (κ3) is 3.05. The number of H-pyrrole nitrogens is 1. The van der Waals surface area contributed by atoms with Gasteiger partial charge in [-0.3, -0.25) is 9.89 Å². The predicted octanol–water partition coefficient (Wildman–Crippen LogP) is 2.20. The van der Waals surface area contributed by atoms with Gasteiger partial charge in [0, 0.05) is 11.6 Å². The molecule has 25 heavy (non-hydrogen) atoms. The first-order valence-electron chi connectivity index (χ1n) is 7.45. The van der Waals surface area contributed by atoms with Crippen LogP contribution in [0.15, 0.2) is 30.3 Å². The number of nitrogens with one attached hydrogen (secondary N) is 1. The van der Waals surface area contributed by atoms with Crippen molar-refractivity contribution in [3.63, 3.8) is 0 Å². The summed E-state index contributed by atoms with van der Waals surface area (Å²) in [7, 11) is 0. The fourth-order valence-corrected chi connectivity index (χ4v) is 2.52. The van der Waals surface area contributed by atoms with Crippen LogP contribution in [0.5, 0.6) is 0 Å². The first-order chi connectivity index (χ1) is 11.9. The molecule has 0 spiro atoms. The number of carbonyl (C=O) groups excluding carboxylic acids is 1. The quantitative estimate of drug-likeness (QED) is 0.709. The van der Waals surface area contributed by atoms with Crippen LogP contribution >= 0.6 is 0 Å². The number of aromatic amines is 1. The molecule has 7 nitrogen and oxygen atoms in total. The van der Waals surface area contributed by atoms with Crippen molar-refractivity contribution >= 4 is 5.78 Å². The van der Waals surface area contributed by atoms with Gasteiger partial charge in [-0.05, 0) is 38.1 Å². The van der Waals surface area contributed by atoms with Crippen molar-refractivity contribution in [3.05, 3.63) is 64.5 Å². The van der Waals surface area contributed by atoms with Crippen LogP contribution in [-0.2, 0) is 0 Å². The molecule has 0 aliphatic rings. The Hall–Kier alpha value is -3.31. The SMILES string of the molecule is Cc1cc(C(=O)c2cc(C#N)[nH]n2)n(-c2ccc(F)cc2C(C)O)n1. The third-order valence-electron chi connectivity index (χ3n) is 3.66. The lowest BCUT2D eigenvalue weighted by molar-refractivity contribution is 0.102. The molecular weight excluding hydrogens is 325 g/mol. The number of halogens is 1. The highest BCUT2D eigenvalue weighted by Crippen LogP contribution is 2.25. The Morgan fingerprint density at radius 2 is 2.16 bits per heavy atom. The highest BCUT2D eigenvalue weighted by atomic mass is 19.1. The maximum absolute atomic E-state index is 13.5. The molecule has 0 radical (unpaired) electrons. The standard InChI is InChI=1S/C17H14FN5O2/c1-9-5-16(17(25)14-7-12(8-19)20-21-14)23(22-9)15-4-3-11(18)6-13(15)10(2)24/h3-7,10,24H,1-2H3,(H,20,21). The number of benzene rings is 1. The highest BCUT2D eigenvalue weighted by molar-refractivity contribution is 6.07. The van der Waals surface area contributed by atoms with Crippen LogP contribution in [0.1, 0.15) is 46.2 Å². The number of aliphatic hydroxyl groups is 1. The number of carbonyl (C=O) groups is 1. The minimum absolute atomic E-state index is 0.0680. The van der Waals surface area contributed by atoms with Gasteiger partial charge in [0.2, 0.25) is 5.78 Å². The van der Waals surface area contributed by atoms with Gasteiger partial charge in [0.05, 0.1) is 17.5 Å². The number of hydrogen-bond donors (Lipinski definition) is 2. The number of ketones is 1. The van der Waals surface area contributed by atoms with Gasteiger partial charge in [0.25, 0.3) is 0 Å². The van der Waals surface area contributed by atoms with E-state index < -0.39 is 17.7 Å². The largest absolute Gasteiger partial charge is 0.389 e. The van der Waals surface area contributed by atoms with Crippen LogP contribution in [-0.4, -0.2) is 30.9 Å². The van der Waals surface area contributed by atoms with E-state index in [-0.39, 0.29) is 17.1 Å². The van der Waals surface area contributed by atoms with Crippen LogP contribution in [0.25, 0.3) is 5.69 Å². The smallest absolute Gasteiger partial charge is 0.231 e. The molecule has 1 unspecified atom stereocenters. The molecule has 0 aliphatic heterocycles. The molecule has 0 saturated carbocycles. The molecule has 0 bridgehead atoms. The summed E-state index contributed by atoms with van der Waals surface area (Å²) in [5.41, 5.74) is 1.69. The van der Waals surface area contributed by atoms with E-state index in [0.29, 0.717) is 16.9 Å². The lowest BCUT2D eigenvalue weighted by atomic mass is 10.1. The van der Waals surface area contributed by atoms with E-state index in [2.05, 4.69) is 15.3 Å². The Bertz CT molecular complexity index is 997. The molecule has 1 atom stereocenters. The summed E-state index contributed by atoms with van der Waals surface area (Å²) < 4.78 is 14.9. The van der Waals surface area contributed by atoms with Gasteiger partial charge in [0.15, 0.2) is 0 Å². The number of rotatable bonds is 4. The van der Waals surface area contributed by atoms with Crippen LogP contribution in [0.2, 0.25) is 0 Å². The molecule has 2 N–H and O–H groups in total. The molecule has 0 saturated heterocycles. The number of nitriles is 1. The first kappa shape index (κ1) is 16.5. The summed E-state index contributed by atoms with van der Waals surface area (Å²) >= 11 is 0. The normalized spacial score (nSPS) is 12.0. The zero-order valence-corrected chi connectivity index (χ0v) is 13.5. The number of nitrogens with zero attached hydrogens (tertiary/aromatic N) is 4. The second-order valence-electron chi connectivity index (χ2n) is 5.57. The average Bonchev–Trinajstić information content (AvgIpc) is 3.20. The summed E-state index contributed by atoms with van der Waals surface area (Å²) in [4.78, 5) is 12.7. The molecule has 8 heteroatoms. The summed E-state index contributed by atoms with van der Waals surface area (Å²) in [6.45, 7) is 3.22. The summed E-state index contributed by atoms with van der Waals surface area (Å²) in [5, 5.41) is 29.4. The van der Waals surface area contributed by atoms with E-state index in [9.17, 15) is 14.3 Å². The van der Waals surface area contributed by atoms with Gasteiger partial charge in [0.1, 0.15) is 29.0 Å². The molecule has 3 aromatic rings. The van der Waals surface area contributed by atoms with Gasteiger partial charge in [-0.25, -0.2) is 9.07 Å². The van der Waals surface area contributed by atoms with Crippen molar-refractivity contribution in [2.45, 2.75) is 20.0 Å². The van der Waals surface area contributed by atoms with Crippen molar-refractivity contribution in [1.29, 1.82) is 5.26 Å². The lowest BCUT2D eigenvalue weighted by Gasteiger charge is -2.14. The maximum atomic E-state index is 13.5. The lowest BCUT2D eigenvalue weighted by Crippen LogP contribution is -2.13. The van der Waals surface area contributed by atoms with Crippen LogP contribution in [0.3, 0.4) is 0 Å². The van der Waals surface area contributed by atoms with E-state index >= 15 is 0 Å².